The molecule has 0 aliphatic carbocycles. The van der Waals surface area contributed by atoms with Crippen LogP contribution in [0.2, 0.25) is 0 Å². The van der Waals surface area contributed by atoms with E-state index in [-0.39, 0.29) is 18.1 Å². The topological polar surface area (TPSA) is 48.0 Å². The van der Waals surface area contributed by atoms with Crippen LogP contribution in [0.15, 0.2) is 60.7 Å². The van der Waals surface area contributed by atoms with Crippen LogP contribution >= 0.6 is 0 Å². The average molecular weight is 383 g/mol. The second-order valence-electron chi connectivity index (χ2n) is 7.56. The second kappa shape index (κ2) is 9.32. The summed E-state index contributed by atoms with van der Waals surface area (Å²) in [5.74, 6) is -0.0242. The van der Waals surface area contributed by atoms with E-state index in [1.165, 1.54) is 0 Å². The Kier molecular flexibility index (Phi) is 6.83. The summed E-state index contributed by atoms with van der Waals surface area (Å²) in [6, 6.07) is 19.8. The second-order valence-corrected chi connectivity index (χ2v) is 7.56. The van der Waals surface area contributed by atoms with Gasteiger partial charge in [-0.15, -0.1) is 0 Å². The van der Waals surface area contributed by atoms with E-state index < -0.39 is 5.72 Å². The van der Waals surface area contributed by atoms with Crippen molar-refractivity contribution < 1.29 is 19.0 Å². The van der Waals surface area contributed by atoms with Crippen molar-refractivity contribution in [3.63, 3.8) is 0 Å². The van der Waals surface area contributed by atoms with Gasteiger partial charge < -0.3 is 19.1 Å². The number of hydrogen-bond donors (Lipinski definition) is 0. The summed E-state index contributed by atoms with van der Waals surface area (Å²) in [4.78, 5) is 14.1. The van der Waals surface area contributed by atoms with Crippen LogP contribution in [0.25, 0.3) is 0 Å². The smallest absolute Gasteiger partial charge is 0.222 e. The maximum Gasteiger partial charge on any atom is 0.222 e. The molecule has 28 heavy (non-hydrogen) atoms. The molecule has 2 aromatic carbocycles. The number of rotatable bonds is 8. The molecule has 1 heterocycles. The van der Waals surface area contributed by atoms with Crippen molar-refractivity contribution in [3.05, 3.63) is 71.8 Å². The monoisotopic (exact) mass is 383 g/mol. The van der Waals surface area contributed by atoms with Gasteiger partial charge in [-0.2, -0.15) is 0 Å². The SMILES string of the molecule is CC(=O)N1C(COCc2ccccc2)C(COCc2ccccc2)OC1(C)C. The van der Waals surface area contributed by atoms with Gasteiger partial charge in [0.25, 0.3) is 0 Å². The fourth-order valence-corrected chi connectivity index (χ4v) is 3.75. The van der Waals surface area contributed by atoms with Gasteiger partial charge in [0.2, 0.25) is 5.91 Å². The predicted octanol–water partition coefficient (Wildman–Crippen LogP) is 3.77. The summed E-state index contributed by atoms with van der Waals surface area (Å²) in [5, 5.41) is 0. The fraction of sp³-hybridized carbons (Fsp3) is 0.435. The van der Waals surface area contributed by atoms with Crippen LogP contribution < -0.4 is 0 Å². The number of carbonyl (C=O) groups is 1. The van der Waals surface area contributed by atoms with Crippen LogP contribution in [0.4, 0.5) is 0 Å². The van der Waals surface area contributed by atoms with Crippen molar-refractivity contribution >= 4 is 5.91 Å². The molecule has 2 unspecified atom stereocenters. The summed E-state index contributed by atoms with van der Waals surface area (Å²) < 4.78 is 18.0. The van der Waals surface area contributed by atoms with Gasteiger partial charge >= 0.3 is 0 Å². The molecular weight excluding hydrogens is 354 g/mol. The number of amides is 1. The van der Waals surface area contributed by atoms with Gasteiger partial charge in [-0.1, -0.05) is 60.7 Å². The number of hydrogen-bond acceptors (Lipinski definition) is 4. The zero-order valence-corrected chi connectivity index (χ0v) is 16.8. The highest BCUT2D eigenvalue weighted by molar-refractivity contribution is 5.74. The van der Waals surface area contributed by atoms with E-state index in [1.807, 2.05) is 74.5 Å². The van der Waals surface area contributed by atoms with Gasteiger partial charge in [0.15, 0.2) is 0 Å². The van der Waals surface area contributed by atoms with E-state index in [1.54, 1.807) is 11.8 Å². The van der Waals surface area contributed by atoms with Gasteiger partial charge in [0, 0.05) is 6.92 Å². The number of ether oxygens (including phenoxy) is 3. The third kappa shape index (κ3) is 5.19. The van der Waals surface area contributed by atoms with Crippen LogP contribution in [-0.2, 0) is 32.2 Å². The Hall–Kier alpha value is -2.21. The Bertz CT molecular complexity index is 748. The van der Waals surface area contributed by atoms with E-state index in [4.69, 9.17) is 14.2 Å². The minimum absolute atomic E-state index is 0.0242. The highest BCUT2D eigenvalue weighted by atomic mass is 16.6. The molecular formula is C23H29NO4. The van der Waals surface area contributed by atoms with E-state index in [0.29, 0.717) is 26.4 Å². The average Bonchev–Trinajstić information content (AvgIpc) is 2.93. The standard InChI is InChI=1S/C23H29NO4/c1-18(25)24-21(16-26-14-19-10-6-4-7-11-19)22(28-23(24,2)3)17-27-15-20-12-8-5-9-13-20/h4-13,21-22H,14-17H2,1-3H3. The Labute approximate surface area is 167 Å². The van der Waals surface area contributed by atoms with Crippen LogP contribution in [0.1, 0.15) is 31.9 Å². The largest absolute Gasteiger partial charge is 0.375 e. The lowest BCUT2D eigenvalue weighted by molar-refractivity contribution is -0.146. The first-order valence-electron chi connectivity index (χ1n) is 9.68. The van der Waals surface area contributed by atoms with E-state index >= 15 is 0 Å². The quantitative estimate of drug-likeness (QED) is 0.696. The summed E-state index contributed by atoms with van der Waals surface area (Å²) in [6.07, 6.45) is -0.238. The molecule has 3 rings (SSSR count). The zero-order valence-electron chi connectivity index (χ0n) is 16.8. The van der Waals surface area contributed by atoms with Gasteiger partial charge in [0.05, 0.1) is 32.5 Å². The maximum atomic E-state index is 12.3. The van der Waals surface area contributed by atoms with Crippen molar-refractivity contribution in [1.82, 2.24) is 4.90 Å². The Morgan fingerprint density at radius 3 is 1.93 bits per heavy atom. The first-order valence-corrected chi connectivity index (χ1v) is 9.68. The molecule has 1 saturated heterocycles. The Balaban J connectivity index is 1.61. The molecule has 0 radical (unpaired) electrons. The third-order valence-corrected chi connectivity index (χ3v) is 4.91. The molecule has 0 aromatic heterocycles. The lowest BCUT2D eigenvalue weighted by atomic mass is 10.1. The Morgan fingerprint density at radius 1 is 0.929 bits per heavy atom. The molecule has 2 atom stereocenters. The van der Waals surface area contributed by atoms with Crippen molar-refractivity contribution in [2.75, 3.05) is 13.2 Å². The molecule has 5 nitrogen and oxygen atoms in total. The van der Waals surface area contributed by atoms with Crippen molar-refractivity contribution in [3.8, 4) is 0 Å². The maximum absolute atomic E-state index is 12.3. The molecule has 0 spiro atoms. The van der Waals surface area contributed by atoms with Crippen LogP contribution in [0, 0.1) is 0 Å². The normalized spacial score (nSPS) is 21.0. The van der Waals surface area contributed by atoms with Crippen LogP contribution in [0.5, 0.6) is 0 Å². The molecule has 1 aliphatic rings. The molecule has 150 valence electrons. The van der Waals surface area contributed by atoms with Crippen LogP contribution in [-0.4, -0.2) is 41.9 Å². The van der Waals surface area contributed by atoms with Crippen molar-refractivity contribution in [1.29, 1.82) is 0 Å². The van der Waals surface area contributed by atoms with E-state index in [9.17, 15) is 4.79 Å². The van der Waals surface area contributed by atoms with Gasteiger partial charge in [0.1, 0.15) is 11.8 Å². The highest BCUT2D eigenvalue weighted by Gasteiger charge is 2.48. The zero-order chi connectivity index (χ0) is 20.0. The van der Waals surface area contributed by atoms with Gasteiger partial charge in [-0.05, 0) is 25.0 Å². The van der Waals surface area contributed by atoms with Crippen molar-refractivity contribution in [2.24, 2.45) is 0 Å². The highest BCUT2D eigenvalue weighted by Crippen LogP contribution is 2.33. The molecule has 0 saturated carbocycles. The third-order valence-electron chi connectivity index (χ3n) is 4.91. The van der Waals surface area contributed by atoms with Crippen LogP contribution in [0.3, 0.4) is 0 Å². The molecule has 2 aromatic rings. The van der Waals surface area contributed by atoms with Gasteiger partial charge in [-0.25, -0.2) is 0 Å². The summed E-state index contributed by atoms with van der Waals surface area (Å²) in [5.41, 5.74) is 1.53. The van der Waals surface area contributed by atoms with E-state index in [0.717, 1.165) is 11.1 Å². The minimum atomic E-state index is -0.687. The minimum Gasteiger partial charge on any atom is -0.375 e. The molecule has 1 aliphatic heterocycles. The molecule has 0 N–H and O–H groups in total. The number of nitrogens with zero attached hydrogens (tertiary/aromatic N) is 1. The predicted molar refractivity (Wildman–Crippen MR) is 107 cm³/mol. The molecule has 0 bridgehead atoms. The summed E-state index contributed by atoms with van der Waals surface area (Å²) >= 11 is 0. The van der Waals surface area contributed by atoms with Gasteiger partial charge in [-0.3, -0.25) is 4.79 Å². The number of benzene rings is 2. The lowest BCUT2D eigenvalue weighted by Gasteiger charge is -2.32. The molecule has 5 heteroatoms. The van der Waals surface area contributed by atoms with Crippen molar-refractivity contribution in [2.45, 2.75) is 51.9 Å². The lowest BCUT2D eigenvalue weighted by Crippen LogP contribution is -2.49. The first kappa shape index (κ1) is 20.5. The number of carbonyl (C=O) groups excluding carboxylic acids is 1. The van der Waals surface area contributed by atoms with E-state index in [2.05, 4.69) is 0 Å². The summed E-state index contributed by atoms with van der Waals surface area (Å²) in [7, 11) is 0. The fourth-order valence-electron chi connectivity index (χ4n) is 3.75. The first-order chi connectivity index (χ1) is 13.5. The summed E-state index contributed by atoms with van der Waals surface area (Å²) in [6.45, 7) is 7.22. The Morgan fingerprint density at radius 2 is 1.43 bits per heavy atom. The molecule has 1 amide bonds. The molecule has 1 fully saturated rings.